The second-order valence-electron chi connectivity index (χ2n) is 10.6. The predicted molar refractivity (Wildman–Crippen MR) is 177 cm³/mol. The van der Waals surface area contributed by atoms with Gasteiger partial charge in [0.1, 0.15) is 5.00 Å². The normalized spacial score (nSPS) is 13.1. The molecule has 3 aromatic heterocycles. The Morgan fingerprint density at radius 2 is 1.82 bits per heavy atom. The summed E-state index contributed by atoms with van der Waals surface area (Å²) in [5.74, 6) is 0.158. The molecule has 0 unspecified atom stereocenters. The molecule has 0 saturated carbocycles. The van der Waals surface area contributed by atoms with E-state index in [0.29, 0.717) is 28.1 Å². The molecule has 10 heteroatoms. The highest BCUT2D eigenvalue weighted by Crippen LogP contribution is 2.38. The molecule has 5 aromatic rings. The molecule has 44 heavy (non-hydrogen) atoms. The van der Waals surface area contributed by atoms with Gasteiger partial charge in [-0.05, 0) is 43.4 Å². The monoisotopic (exact) mass is 623 g/mol. The van der Waals surface area contributed by atoms with Crippen molar-refractivity contribution in [1.29, 1.82) is 0 Å². The summed E-state index contributed by atoms with van der Waals surface area (Å²) in [5.41, 5.74) is 5.14. The lowest BCUT2D eigenvalue weighted by molar-refractivity contribution is -0.113. The highest BCUT2D eigenvalue weighted by Gasteiger charge is 2.26. The van der Waals surface area contributed by atoms with Gasteiger partial charge in [0.25, 0.3) is 0 Å². The number of ether oxygens (including phenoxy) is 1. The number of thiophene rings is 1. The van der Waals surface area contributed by atoms with Crippen LogP contribution in [-0.2, 0) is 28.9 Å². The molecule has 0 atom stereocenters. The van der Waals surface area contributed by atoms with Crippen molar-refractivity contribution in [1.82, 2.24) is 19.7 Å². The number of amides is 1. The zero-order valence-corrected chi connectivity index (χ0v) is 26.2. The summed E-state index contributed by atoms with van der Waals surface area (Å²) in [7, 11) is 1.38. The predicted octanol–water partition coefficient (Wildman–Crippen LogP) is 7.58. The second-order valence-corrected chi connectivity index (χ2v) is 12.6. The Bertz CT molecular complexity index is 1830. The van der Waals surface area contributed by atoms with E-state index in [0.717, 1.165) is 65.4 Å². The minimum Gasteiger partial charge on any atom is -0.465 e. The van der Waals surface area contributed by atoms with Gasteiger partial charge >= 0.3 is 5.97 Å². The first-order valence-electron chi connectivity index (χ1n) is 14.7. The number of nitrogens with zero attached hydrogens (tertiary/aromatic N) is 4. The fraction of sp³-hybridized carbons (Fsp3) is 0.265. The van der Waals surface area contributed by atoms with Crippen molar-refractivity contribution < 1.29 is 14.3 Å². The van der Waals surface area contributed by atoms with E-state index in [4.69, 9.17) is 9.72 Å². The second kappa shape index (κ2) is 13.6. The van der Waals surface area contributed by atoms with Crippen LogP contribution < -0.4 is 5.32 Å². The van der Waals surface area contributed by atoms with Gasteiger partial charge in [0.15, 0.2) is 11.0 Å². The third-order valence-corrected chi connectivity index (χ3v) is 9.88. The molecule has 6 rings (SSSR count). The van der Waals surface area contributed by atoms with Crippen molar-refractivity contribution in [3.8, 4) is 22.6 Å². The molecule has 0 fully saturated rings. The van der Waals surface area contributed by atoms with Gasteiger partial charge in [0.05, 0.1) is 29.6 Å². The molecule has 0 spiro atoms. The molecule has 1 aliphatic carbocycles. The van der Waals surface area contributed by atoms with Crippen molar-refractivity contribution in [3.05, 3.63) is 89.3 Å². The Balaban J connectivity index is 1.28. The molecular weight excluding hydrogens is 591 g/mol. The van der Waals surface area contributed by atoms with Gasteiger partial charge in [-0.1, -0.05) is 79.2 Å². The first-order chi connectivity index (χ1) is 21.6. The number of benzene rings is 2. The Labute approximate surface area is 264 Å². The number of nitrogens with one attached hydrogen (secondary N) is 1. The number of pyridine rings is 1. The number of fused-ring (bicyclic) bond motifs is 2. The minimum absolute atomic E-state index is 0.102. The van der Waals surface area contributed by atoms with E-state index < -0.39 is 5.97 Å². The maximum absolute atomic E-state index is 13.3. The molecule has 0 bridgehead atoms. The fourth-order valence-corrected chi connectivity index (χ4v) is 7.67. The Morgan fingerprint density at radius 3 is 2.61 bits per heavy atom. The first kappa shape index (κ1) is 29.8. The summed E-state index contributed by atoms with van der Waals surface area (Å²) in [5, 5.41) is 14.2. The van der Waals surface area contributed by atoms with Crippen molar-refractivity contribution >= 4 is 50.9 Å². The summed E-state index contributed by atoms with van der Waals surface area (Å²) >= 11 is 2.80. The summed E-state index contributed by atoms with van der Waals surface area (Å²) in [6.07, 6.45) is 7.96. The number of rotatable bonds is 9. The number of hydrogen-bond acceptors (Lipinski definition) is 8. The largest absolute Gasteiger partial charge is 0.465 e. The molecule has 1 N–H and O–H groups in total. The standard InChI is InChI=1S/C34H33N5O3S2/c1-3-19-39-31(25-20-27(22-13-7-6-8-14-22)35-26-17-12-11-15-23(25)26)37-38-34(39)43-21-29(40)36-32-30(33(41)42-2)24-16-9-4-5-10-18-28(24)44-32/h3,6-8,11-15,17,20H,1,4-5,9-10,16,18-19,21H2,2H3,(H,36,40). The highest BCUT2D eigenvalue weighted by atomic mass is 32.2. The van der Waals surface area contributed by atoms with Gasteiger partial charge < -0.3 is 10.1 Å². The quantitative estimate of drug-likeness (QED) is 0.103. The number of aromatic nitrogens is 4. The van der Waals surface area contributed by atoms with Crippen LogP contribution in [0.5, 0.6) is 0 Å². The number of methoxy groups -OCH3 is 1. The van der Waals surface area contributed by atoms with Crippen LogP contribution in [0.3, 0.4) is 0 Å². The maximum atomic E-state index is 13.3. The van der Waals surface area contributed by atoms with E-state index in [2.05, 4.69) is 22.1 Å². The molecule has 2 aromatic carbocycles. The van der Waals surface area contributed by atoms with E-state index in [9.17, 15) is 9.59 Å². The number of carbonyl (C=O) groups excluding carboxylic acids is 2. The van der Waals surface area contributed by atoms with Crippen LogP contribution in [-0.4, -0.2) is 44.5 Å². The number of para-hydroxylation sites is 1. The molecule has 1 aliphatic rings. The lowest BCUT2D eigenvalue weighted by atomic mass is 9.96. The Hall–Kier alpha value is -4.28. The molecule has 1 amide bonds. The third kappa shape index (κ3) is 6.18. The Morgan fingerprint density at radius 1 is 1.05 bits per heavy atom. The zero-order chi connectivity index (χ0) is 30.5. The topological polar surface area (TPSA) is 99.0 Å². The molecule has 8 nitrogen and oxygen atoms in total. The SMILES string of the molecule is C=CCn1c(SCC(=O)Nc2sc3c(c2C(=O)OC)CCCCCC3)nnc1-c1cc(-c2ccccc2)nc2ccccc12. The van der Waals surface area contributed by atoms with E-state index >= 15 is 0 Å². The lowest BCUT2D eigenvalue weighted by Crippen LogP contribution is -2.17. The first-order valence-corrected chi connectivity index (χ1v) is 16.5. The van der Waals surface area contributed by atoms with Gasteiger partial charge in [0, 0.05) is 27.9 Å². The van der Waals surface area contributed by atoms with Crippen LogP contribution in [0.4, 0.5) is 5.00 Å². The van der Waals surface area contributed by atoms with Crippen LogP contribution in [0.2, 0.25) is 0 Å². The van der Waals surface area contributed by atoms with E-state index in [-0.39, 0.29) is 11.7 Å². The average molecular weight is 624 g/mol. The minimum atomic E-state index is -0.402. The number of carbonyl (C=O) groups is 2. The molecule has 3 heterocycles. The smallest absolute Gasteiger partial charge is 0.341 e. The van der Waals surface area contributed by atoms with Gasteiger partial charge in [-0.3, -0.25) is 9.36 Å². The molecule has 224 valence electrons. The van der Waals surface area contributed by atoms with Crippen molar-refractivity contribution in [3.63, 3.8) is 0 Å². The van der Waals surface area contributed by atoms with E-state index in [1.54, 1.807) is 6.08 Å². The number of allylic oxidation sites excluding steroid dienone is 1. The number of hydrogen-bond donors (Lipinski definition) is 1. The van der Waals surface area contributed by atoms with Gasteiger partial charge in [-0.15, -0.1) is 28.1 Å². The summed E-state index contributed by atoms with van der Waals surface area (Å²) in [6, 6.07) is 20.1. The van der Waals surface area contributed by atoms with Gasteiger partial charge in [0.2, 0.25) is 5.91 Å². The maximum Gasteiger partial charge on any atom is 0.341 e. The number of anilines is 1. The van der Waals surface area contributed by atoms with Crippen LogP contribution in [0.15, 0.2) is 78.5 Å². The van der Waals surface area contributed by atoms with Crippen LogP contribution in [0.25, 0.3) is 33.5 Å². The van der Waals surface area contributed by atoms with Crippen molar-refractivity contribution in [2.45, 2.75) is 50.2 Å². The summed E-state index contributed by atoms with van der Waals surface area (Å²) in [6.45, 7) is 4.42. The summed E-state index contributed by atoms with van der Waals surface area (Å²) < 4.78 is 7.09. The van der Waals surface area contributed by atoms with Crippen molar-refractivity contribution in [2.75, 3.05) is 18.2 Å². The van der Waals surface area contributed by atoms with Crippen LogP contribution in [0.1, 0.15) is 46.5 Å². The number of thioether (sulfide) groups is 1. The van der Waals surface area contributed by atoms with Crippen LogP contribution >= 0.6 is 23.1 Å². The summed E-state index contributed by atoms with van der Waals surface area (Å²) in [4.78, 5) is 32.1. The molecule has 0 saturated heterocycles. The third-order valence-electron chi connectivity index (χ3n) is 7.70. The highest BCUT2D eigenvalue weighted by molar-refractivity contribution is 7.99. The molecule has 0 aliphatic heterocycles. The molecule has 0 radical (unpaired) electrons. The number of esters is 1. The Kier molecular flexibility index (Phi) is 9.18. The average Bonchev–Trinajstić information content (AvgIpc) is 3.59. The van der Waals surface area contributed by atoms with E-state index in [1.165, 1.54) is 41.5 Å². The lowest BCUT2D eigenvalue weighted by Gasteiger charge is -2.12. The van der Waals surface area contributed by atoms with Crippen LogP contribution in [0, 0.1) is 0 Å². The zero-order valence-electron chi connectivity index (χ0n) is 24.5. The van der Waals surface area contributed by atoms with E-state index in [1.807, 2.05) is 65.2 Å². The fourth-order valence-electron chi connectivity index (χ4n) is 5.62. The van der Waals surface area contributed by atoms with Crippen molar-refractivity contribution in [2.24, 2.45) is 0 Å². The molecular formula is C34H33N5O3S2. The number of aryl methyl sites for hydroxylation is 1. The van der Waals surface area contributed by atoms with Gasteiger partial charge in [-0.25, -0.2) is 9.78 Å². The van der Waals surface area contributed by atoms with Gasteiger partial charge in [-0.2, -0.15) is 0 Å².